The second-order valence-corrected chi connectivity index (χ2v) is 2.96. The molecule has 11 heavy (non-hydrogen) atoms. The van der Waals surface area contributed by atoms with E-state index in [4.69, 9.17) is 4.74 Å². The molecule has 0 saturated heterocycles. The van der Waals surface area contributed by atoms with E-state index in [1.807, 2.05) is 0 Å². The van der Waals surface area contributed by atoms with Crippen LogP contribution in [0.2, 0.25) is 0 Å². The molecule has 0 spiro atoms. The Morgan fingerprint density at radius 3 is 2.91 bits per heavy atom. The van der Waals surface area contributed by atoms with E-state index in [1.165, 1.54) is 25.3 Å². The van der Waals surface area contributed by atoms with Gasteiger partial charge in [-0.05, 0) is 18.8 Å². The smallest absolute Gasteiger partial charge is 0.330 e. The number of carbonyl (C=O) groups excluding carboxylic acids is 1. The van der Waals surface area contributed by atoms with Crippen LogP contribution in [0.25, 0.3) is 0 Å². The molecule has 0 unspecified atom stereocenters. The van der Waals surface area contributed by atoms with Crippen LogP contribution in [0.15, 0.2) is 12.7 Å². The molecule has 0 aromatic carbocycles. The normalized spacial score (nSPS) is 16.0. The van der Waals surface area contributed by atoms with E-state index in [1.54, 1.807) is 0 Å². The SMILES string of the molecule is C=CC(=O)OCCCC1CC1. The lowest BCUT2D eigenvalue weighted by molar-refractivity contribution is -0.137. The summed E-state index contributed by atoms with van der Waals surface area (Å²) in [5.41, 5.74) is 0. The van der Waals surface area contributed by atoms with Crippen molar-refractivity contribution in [3.05, 3.63) is 12.7 Å². The molecule has 2 heteroatoms. The molecule has 0 aliphatic heterocycles. The van der Waals surface area contributed by atoms with Gasteiger partial charge in [0.2, 0.25) is 0 Å². The minimum atomic E-state index is -0.305. The third-order valence-corrected chi connectivity index (χ3v) is 1.86. The molecule has 0 amide bonds. The topological polar surface area (TPSA) is 26.3 Å². The van der Waals surface area contributed by atoms with Crippen molar-refractivity contribution >= 4 is 5.97 Å². The lowest BCUT2D eigenvalue weighted by Gasteiger charge is -1.99. The van der Waals surface area contributed by atoms with E-state index < -0.39 is 0 Å². The standard InChI is InChI=1S/C9H14O2/c1-2-9(10)11-7-3-4-8-5-6-8/h2,8H,1,3-7H2. The molecule has 0 heterocycles. The van der Waals surface area contributed by atoms with E-state index in [9.17, 15) is 4.79 Å². The summed E-state index contributed by atoms with van der Waals surface area (Å²) in [6, 6.07) is 0. The average molecular weight is 154 g/mol. The van der Waals surface area contributed by atoms with Gasteiger partial charge in [0.25, 0.3) is 0 Å². The van der Waals surface area contributed by atoms with Crippen LogP contribution in [-0.4, -0.2) is 12.6 Å². The summed E-state index contributed by atoms with van der Waals surface area (Å²) >= 11 is 0. The van der Waals surface area contributed by atoms with Crippen molar-refractivity contribution in [2.24, 2.45) is 5.92 Å². The van der Waals surface area contributed by atoms with Crippen LogP contribution in [0.5, 0.6) is 0 Å². The lowest BCUT2D eigenvalue weighted by Crippen LogP contribution is -2.01. The number of hydrogen-bond donors (Lipinski definition) is 0. The van der Waals surface area contributed by atoms with Crippen LogP contribution in [0.3, 0.4) is 0 Å². The van der Waals surface area contributed by atoms with Crippen LogP contribution in [0.1, 0.15) is 25.7 Å². The van der Waals surface area contributed by atoms with Crippen LogP contribution < -0.4 is 0 Å². The van der Waals surface area contributed by atoms with E-state index in [2.05, 4.69) is 6.58 Å². The average Bonchev–Trinajstić information content (AvgIpc) is 2.81. The largest absolute Gasteiger partial charge is 0.463 e. The summed E-state index contributed by atoms with van der Waals surface area (Å²) in [7, 11) is 0. The van der Waals surface area contributed by atoms with Gasteiger partial charge in [-0.1, -0.05) is 19.4 Å². The quantitative estimate of drug-likeness (QED) is 0.343. The van der Waals surface area contributed by atoms with Gasteiger partial charge in [0.05, 0.1) is 6.61 Å². The fraction of sp³-hybridized carbons (Fsp3) is 0.667. The molecule has 1 rings (SSSR count). The maximum absolute atomic E-state index is 10.5. The van der Waals surface area contributed by atoms with Crippen LogP contribution >= 0.6 is 0 Å². The van der Waals surface area contributed by atoms with Gasteiger partial charge in [-0.15, -0.1) is 0 Å². The summed E-state index contributed by atoms with van der Waals surface area (Å²) in [6.07, 6.45) is 6.16. The number of hydrogen-bond acceptors (Lipinski definition) is 2. The van der Waals surface area contributed by atoms with Crippen molar-refractivity contribution in [2.75, 3.05) is 6.61 Å². The zero-order valence-corrected chi connectivity index (χ0v) is 6.71. The summed E-state index contributed by atoms with van der Waals surface area (Å²) in [4.78, 5) is 10.5. The predicted molar refractivity (Wildman–Crippen MR) is 43.1 cm³/mol. The molecular formula is C9H14O2. The molecule has 1 fully saturated rings. The number of carbonyl (C=O) groups is 1. The highest BCUT2D eigenvalue weighted by Crippen LogP contribution is 2.33. The second-order valence-electron chi connectivity index (χ2n) is 2.96. The monoisotopic (exact) mass is 154 g/mol. The summed E-state index contributed by atoms with van der Waals surface area (Å²) in [5, 5.41) is 0. The molecule has 1 saturated carbocycles. The first-order chi connectivity index (χ1) is 5.33. The van der Waals surface area contributed by atoms with E-state index in [-0.39, 0.29) is 5.97 Å². The Morgan fingerprint density at radius 2 is 2.36 bits per heavy atom. The third kappa shape index (κ3) is 3.81. The van der Waals surface area contributed by atoms with Crippen LogP contribution in [-0.2, 0) is 9.53 Å². The zero-order chi connectivity index (χ0) is 8.10. The first-order valence-corrected chi connectivity index (χ1v) is 4.12. The van der Waals surface area contributed by atoms with Gasteiger partial charge in [0.1, 0.15) is 0 Å². The highest BCUT2D eigenvalue weighted by Gasteiger charge is 2.20. The van der Waals surface area contributed by atoms with Gasteiger partial charge >= 0.3 is 5.97 Å². The van der Waals surface area contributed by atoms with E-state index in [0.717, 1.165) is 12.3 Å². The molecular weight excluding hydrogens is 140 g/mol. The van der Waals surface area contributed by atoms with E-state index in [0.29, 0.717) is 6.61 Å². The Hall–Kier alpha value is -0.790. The summed E-state index contributed by atoms with van der Waals surface area (Å²) in [6.45, 7) is 3.87. The van der Waals surface area contributed by atoms with Crippen molar-refractivity contribution in [1.82, 2.24) is 0 Å². The molecule has 0 aromatic rings. The second kappa shape index (κ2) is 4.16. The Labute approximate surface area is 67.2 Å². The minimum absolute atomic E-state index is 0.305. The lowest BCUT2D eigenvalue weighted by atomic mass is 10.2. The molecule has 0 radical (unpaired) electrons. The Balaban J connectivity index is 1.86. The number of rotatable bonds is 5. The first-order valence-electron chi connectivity index (χ1n) is 4.12. The van der Waals surface area contributed by atoms with Crippen molar-refractivity contribution < 1.29 is 9.53 Å². The highest BCUT2D eigenvalue weighted by atomic mass is 16.5. The maximum Gasteiger partial charge on any atom is 0.330 e. The van der Waals surface area contributed by atoms with Crippen molar-refractivity contribution in [2.45, 2.75) is 25.7 Å². The van der Waals surface area contributed by atoms with Crippen molar-refractivity contribution in [3.8, 4) is 0 Å². The van der Waals surface area contributed by atoms with Crippen LogP contribution in [0, 0.1) is 5.92 Å². The number of esters is 1. The third-order valence-electron chi connectivity index (χ3n) is 1.86. The van der Waals surface area contributed by atoms with Gasteiger partial charge in [0, 0.05) is 6.08 Å². The Kier molecular flexibility index (Phi) is 3.14. The van der Waals surface area contributed by atoms with Crippen molar-refractivity contribution in [1.29, 1.82) is 0 Å². The fourth-order valence-corrected chi connectivity index (χ4v) is 1.01. The van der Waals surface area contributed by atoms with Gasteiger partial charge in [-0.2, -0.15) is 0 Å². The Bertz CT molecular complexity index is 148. The van der Waals surface area contributed by atoms with Gasteiger partial charge in [-0.3, -0.25) is 0 Å². The predicted octanol–water partition coefficient (Wildman–Crippen LogP) is 1.91. The molecule has 0 N–H and O–H groups in total. The highest BCUT2D eigenvalue weighted by molar-refractivity contribution is 5.81. The molecule has 0 atom stereocenters. The number of ether oxygens (including phenoxy) is 1. The molecule has 1 aliphatic carbocycles. The summed E-state index contributed by atoms with van der Waals surface area (Å²) in [5.74, 6) is 0.623. The molecule has 2 nitrogen and oxygen atoms in total. The molecule has 62 valence electrons. The maximum atomic E-state index is 10.5. The Morgan fingerprint density at radius 1 is 1.64 bits per heavy atom. The van der Waals surface area contributed by atoms with Gasteiger partial charge in [-0.25, -0.2) is 4.79 Å². The molecule has 0 aromatic heterocycles. The zero-order valence-electron chi connectivity index (χ0n) is 6.71. The minimum Gasteiger partial charge on any atom is -0.463 e. The fourth-order valence-electron chi connectivity index (χ4n) is 1.01. The van der Waals surface area contributed by atoms with Gasteiger partial charge in [0.15, 0.2) is 0 Å². The summed E-state index contributed by atoms with van der Waals surface area (Å²) < 4.78 is 4.81. The molecule has 0 bridgehead atoms. The van der Waals surface area contributed by atoms with E-state index >= 15 is 0 Å². The van der Waals surface area contributed by atoms with Crippen molar-refractivity contribution in [3.63, 3.8) is 0 Å². The van der Waals surface area contributed by atoms with Crippen LogP contribution in [0.4, 0.5) is 0 Å². The first kappa shape index (κ1) is 8.31. The van der Waals surface area contributed by atoms with Gasteiger partial charge < -0.3 is 4.74 Å². The molecule has 1 aliphatic rings.